The highest BCUT2D eigenvalue weighted by atomic mass is 16.3. The number of hydrogen-bond donors (Lipinski definition) is 2. The summed E-state index contributed by atoms with van der Waals surface area (Å²) in [5.41, 5.74) is 1.82. The van der Waals surface area contributed by atoms with E-state index in [4.69, 9.17) is 0 Å². The first-order valence-corrected chi connectivity index (χ1v) is 5.16. The van der Waals surface area contributed by atoms with Crippen LogP contribution in [-0.2, 0) is 7.05 Å². The number of rotatable bonds is 2. The summed E-state index contributed by atoms with van der Waals surface area (Å²) in [6, 6.07) is 4.72. The van der Waals surface area contributed by atoms with E-state index in [1.165, 1.54) is 6.07 Å². The molecule has 0 spiro atoms. The van der Waals surface area contributed by atoms with Crippen LogP contribution in [0.3, 0.4) is 0 Å². The molecule has 0 aliphatic heterocycles. The van der Waals surface area contributed by atoms with Gasteiger partial charge >= 0.3 is 0 Å². The van der Waals surface area contributed by atoms with E-state index in [-0.39, 0.29) is 11.7 Å². The van der Waals surface area contributed by atoms with Gasteiger partial charge in [0.05, 0.1) is 11.9 Å². The molecule has 5 nitrogen and oxygen atoms in total. The third-order valence-corrected chi connectivity index (χ3v) is 2.42. The number of carbonyl (C=O) groups is 1. The van der Waals surface area contributed by atoms with Gasteiger partial charge in [-0.1, -0.05) is 0 Å². The zero-order valence-electron chi connectivity index (χ0n) is 9.64. The van der Waals surface area contributed by atoms with Crippen molar-refractivity contribution in [2.45, 2.75) is 6.92 Å². The average Bonchev–Trinajstić information content (AvgIpc) is 2.68. The van der Waals surface area contributed by atoms with E-state index in [1.54, 1.807) is 43.2 Å². The zero-order chi connectivity index (χ0) is 12.4. The highest BCUT2D eigenvalue weighted by Crippen LogP contribution is 2.17. The van der Waals surface area contributed by atoms with Gasteiger partial charge in [-0.3, -0.25) is 9.48 Å². The van der Waals surface area contributed by atoms with Crippen LogP contribution in [0.1, 0.15) is 15.9 Å². The van der Waals surface area contributed by atoms with Crippen LogP contribution >= 0.6 is 0 Å². The Balaban J connectivity index is 2.17. The van der Waals surface area contributed by atoms with Crippen molar-refractivity contribution in [3.8, 4) is 5.75 Å². The van der Waals surface area contributed by atoms with Crippen molar-refractivity contribution in [2.24, 2.45) is 7.05 Å². The fraction of sp³-hybridized carbons (Fsp3) is 0.167. The van der Waals surface area contributed by atoms with Crippen LogP contribution in [-0.4, -0.2) is 20.8 Å². The number of carbonyl (C=O) groups excluding carboxylic acids is 1. The van der Waals surface area contributed by atoms with Gasteiger partial charge in [-0.05, 0) is 30.7 Å². The summed E-state index contributed by atoms with van der Waals surface area (Å²) in [6.07, 6.45) is 3.29. The summed E-state index contributed by atoms with van der Waals surface area (Å²) in [7, 11) is 1.78. The molecule has 2 aromatic rings. The maximum atomic E-state index is 11.9. The lowest BCUT2D eigenvalue weighted by Crippen LogP contribution is -2.11. The van der Waals surface area contributed by atoms with Crippen LogP contribution in [0.2, 0.25) is 0 Å². The number of nitrogens with one attached hydrogen (secondary N) is 1. The van der Waals surface area contributed by atoms with Gasteiger partial charge in [0.15, 0.2) is 0 Å². The lowest BCUT2D eigenvalue weighted by atomic mass is 10.1. The predicted molar refractivity (Wildman–Crippen MR) is 64.0 cm³/mol. The molecule has 0 aliphatic rings. The number of aromatic nitrogens is 2. The number of amides is 1. The Bertz CT molecular complexity index is 561. The topological polar surface area (TPSA) is 67.2 Å². The minimum atomic E-state index is -0.221. The summed E-state index contributed by atoms with van der Waals surface area (Å²) in [5, 5.41) is 16.1. The molecule has 2 N–H and O–H groups in total. The molecule has 17 heavy (non-hydrogen) atoms. The first-order chi connectivity index (χ1) is 8.06. The van der Waals surface area contributed by atoms with Crippen LogP contribution in [0.5, 0.6) is 5.75 Å². The zero-order valence-corrected chi connectivity index (χ0v) is 9.64. The fourth-order valence-corrected chi connectivity index (χ4v) is 1.49. The van der Waals surface area contributed by atoms with E-state index in [9.17, 15) is 9.90 Å². The first kappa shape index (κ1) is 11.2. The Morgan fingerprint density at radius 1 is 1.47 bits per heavy atom. The summed E-state index contributed by atoms with van der Waals surface area (Å²) >= 11 is 0. The van der Waals surface area contributed by atoms with E-state index in [2.05, 4.69) is 10.4 Å². The number of benzene rings is 1. The molecule has 0 bridgehead atoms. The van der Waals surface area contributed by atoms with Gasteiger partial charge in [0.25, 0.3) is 5.91 Å². The molecule has 1 aromatic heterocycles. The molecular weight excluding hydrogens is 218 g/mol. The van der Waals surface area contributed by atoms with Gasteiger partial charge in [0.2, 0.25) is 0 Å². The molecule has 0 fully saturated rings. The van der Waals surface area contributed by atoms with Crippen molar-refractivity contribution >= 4 is 11.6 Å². The Labute approximate surface area is 98.7 Å². The molecule has 0 unspecified atom stereocenters. The summed E-state index contributed by atoms with van der Waals surface area (Å²) in [5.74, 6) is -0.0379. The second-order valence-corrected chi connectivity index (χ2v) is 3.86. The van der Waals surface area contributed by atoms with Crippen molar-refractivity contribution in [1.29, 1.82) is 0 Å². The molecule has 0 radical (unpaired) electrons. The molecule has 88 valence electrons. The van der Waals surface area contributed by atoms with Crippen LogP contribution in [0.25, 0.3) is 0 Å². The largest absolute Gasteiger partial charge is 0.508 e. The van der Waals surface area contributed by atoms with E-state index < -0.39 is 0 Å². The molecule has 1 amide bonds. The summed E-state index contributed by atoms with van der Waals surface area (Å²) in [4.78, 5) is 11.9. The number of anilines is 1. The first-order valence-electron chi connectivity index (χ1n) is 5.16. The molecule has 1 heterocycles. The minimum absolute atomic E-state index is 0.183. The van der Waals surface area contributed by atoms with E-state index in [0.29, 0.717) is 16.8 Å². The molecular formula is C12H13N3O2. The lowest BCUT2D eigenvalue weighted by Gasteiger charge is -2.04. The fourth-order valence-electron chi connectivity index (χ4n) is 1.49. The molecule has 0 saturated heterocycles. The monoisotopic (exact) mass is 231 g/mol. The van der Waals surface area contributed by atoms with Gasteiger partial charge in [-0.2, -0.15) is 5.10 Å². The van der Waals surface area contributed by atoms with Crippen molar-refractivity contribution in [3.63, 3.8) is 0 Å². The average molecular weight is 231 g/mol. The Morgan fingerprint density at radius 2 is 2.24 bits per heavy atom. The van der Waals surface area contributed by atoms with Gasteiger partial charge in [0, 0.05) is 18.8 Å². The highest BCUT2D eigenvalue weighted by molar-refractivity contribution is 6.04. The van der Waals surface area contributed by atoms with Crippen LogP contribution < -0.4 is 5.32 Å². The van der Waals surface area contributed by atoms with Gasteiger partial charge in [-0.15, -0.1) is 0 Å². The number of aryl methyl sites for hydroxylation is 2. The van der Waals surface area contributed by atoms with E-state index in [0.717, 1.165) is 0 Å². The third-order valence-electron chi connectivity index (χ3n) is 2.42. The lowest BCUT2D eigenvalue weighted by molar-refractivity contribution is 0.102. The third kappa shape index (κ3) is 2.44. The Kier molecular flexibility index (Phi) is 2.82. The summed E-state index contributed by atoms with van der Waals surface area (Å²) in [6.45, 7) is 1.75. The normalized spacial score (nSPS) is 10.2. The van der Waals surface area contributed by atoms with E-state index in [1.807, 2.05) is 0 Å². The van der Waals surface area contributed by atoms with Crippen molar-refractivity contribution < 1.29 is 9.90 Å². The molecule has 5 heteroatoms. The van der Waals surface area contributed by atoms with Crippen LogP contribution in [0, 0.1) is 6.92 Å². The van der Waals surface area contributed by atoms with Crippen LogP contribution in [0.4, 0.5) is 5.69 Å². The Morgan fingerprint density at radius 3 is 2.82 bits per heavy atom. The number of nitrogens with zero attached hydrogens (tertiary/aromatic N) is 2. The second-order valence-electron chi connectivity index (χ2n) is 3.86. The number of phenolic OH excluding ortho intramolecular Hbond substituents is 1. The smallest absolute Gasteiger partial charge is 0.255 e. The molecule has 0 atom stereocenters. The molecule has 1 aromatic carbocycles. The Hall–Kier alpha value is -2.30. The molecule has 2 rings (SSSR count). The SMILES string of the molecule is Cc1cc(C(=O)Nc2cnn(C)c2)ccc1O. The number of hydrogen-bond acceptors (Lipinski definition) is 3. The van der Waals surface area contributed by atoms with Crippen LogP contribution in [0.15, 0.2) is 30.6 Å². The maximum absolute atomic E-state index is 11.9. The minimum Gasteiger partial charge on any atom is -0.508 e. The van der Waals surface area contributed by atoms with E-state index >= 15 is 0 Å². The van der Waals surface area contributed by atoms with Gasteiger partial charge in [-0.25, -0.2) is 0 Å². The van der Waals surface area contributed by atoms with Gasteiger partial charge < -0.3 is 10.4 Å². The van der Waals surface area contributed by atoms with Gasteiger partial charge in [0.1, 0.15) is 5.75 Å². The quantitative estimate of drug-likeness (QED) is 0.826. The second kappa shape index (κ2) is 4.29. The highest BCUT2D eigenvalue weighted by Gasteiger charge is 2.08. The number of phenols is 1. The number of aromatic hydroxyl groups is 1. The molecule has 0 aliphatic carbocycles. The predicted octanol–water partition coefficient (Wildman–Crippen LogP) is 1.69. The molecule has 0 saturated carbocycles. The van der Waals surface area contributed by atoms with Crippen molar-refractivity contribution in [1.82, 2.24) is 9.78 Å². The van der Waals surface area contributed by atoms with Crippen molar-refractivity contribution in [2.75, 3.05) is 5.32 Å². The van der Waals surface area contributed by atoms with Crippen molar-refractivity contribution in [3.05, 3.63) is 41.7 Å². The summed E-state index contributed by atoms with van der Waals surface area (Å²) < 4.78 is 1.61. The maximum Gasteiger partial charge on any atom is 0.255 e. The standard InChI is InChI=1S/C12H13N3O2/c1-8-5-9(3-4-11(8)16)12(17)14-10-6-13-15(2)7-10/h3-7,16H,1-2H3,(H,14,17).